The van der Waals surface area contributed by atoms with E-state index in [4.69, 9.17) is 4.74 Å². The Balaban J connectivity index is 1.29. The molecule has 0 bridgehead atoms. The Bertz CT molecular complexity index is 875. The standard InChI is InChI=1S/C23H27N3O3/c1-29-19-7-5-6-17(14-19)25-23(28)21-15-20(21)22(27)24-16-8-10-18(11-9-16)26-12-3-2-4-13-26/h5-11,14,20-21H,2-4,12-13,15H2,1H3,(H,24,27)(H,25,28). The van der Waals surface area contributed by atoms with Gasteiger partial charge < -0.3 is 20.3 Å². The van der Waals surface area contributed by atoms with Gasteiger partial charge in [-0.2, -0.15) is 0 Å². The molecule has 1 aliphatic heterocycles. The van der Waals surface area contributed by atoms with Crippen LogP contribution in [0.4, 0.5) is 17.1 Å². The largest absolute Gasteiger partial charge is 0.497 e. The van der Waals surface area contributed by atoms with Crippen LogP contribution in [0, 0.1) is 11.8 Å². The Labute approximate surface area is 171 Å². The number of hydrogen-bond donors (Lipinski definition) is 2. The van der Waals surface area contributed by atoms with Gasteiger partial charge in [0.1, 0.15) is 5.75 Å². The molecule has 2 aliphatic rings. The lowest BCUT2D eigenvalue weighted by Crippen LogP contribution is -2.29. The Morgan fingerprint density at radius 2 is 1.55 bits per heavy atom. The van der Waals surface area contributed by atoms with Crippen molar-refractivity contribution < 1.29 is 14.3 Å². The van der Waals surface area contributed by atoms with Crippen LogP contribution in [0.25, 0.3) is 0 Å². The van der Waals surface area contributed by atoms with Crippen molar-refractivity contribution in [1.29, 1.82) is 0 Å². The molecule has 152 valence electrons. The highest BCUT2D eigenvalue weighted by molar-refractivity contribution is 6.03. The highest BCUT2D eigenvalue weighted by Gasteiger charge is 2.48. The lowest BCUT2D eigenvalue weighted by molar-refractivity contribution is -0.122. The molecule has 2 aromatic carbocycles. The number of carbonyl (C=O) groups excluding carboxylic acids is 2. The summed E-state index contributed by atoms with van der Waals surface area (Å²) in [6, 6.07) is 15.2. The van der Waals surface area contributed by atoms with Crippen molar-refractivity contribution in [2.24, 2.45) is 11.8 Å². The smallest absolute Gasteiger partial charge is 0.228 e. The van der Waals surface area contributed by atoms with Gasteiger partial charge in [-0.25, -0.2) is 0 Å². The molecule has 2 amide bonds. The zero-order chi connectivity index (χ0) is 20.2. The van der Waals surface area contributed by atoms with Crippen LogP contribution in [-0.4, -0.2) is 32.0 Å². The second kappa shape index (κ2) is 8.55. The van der Waals surface area contributed by atoms with Crippen molar-refractivity contribution in [2.45, 2.75) is 25.7 Å². The van der Waals surface area contributed by atoms with Crippen molar-refractivity contribution in [3.8, 4) is 5.75 Å². The molecule has 1 saturated carbocycles. The van der Waals surface area contributed by atoms with Crippen molar-refractivity contribution in [3.63, 3.8) is 0 Å². The molecule has 1 saturated heterocycles. The van der Waals surface area contributed by atoms with Gasteiger partial charge in [-0.3, -0.25) is 9.59 Å². The van der Waals surface area contributed by atoms with Crippen molar-refractivity contribution >= 4 is 28.9 Å². The average molecular weight is 393 g/mol. The fourth-order valence-electron chi connectivity index (χ4n) is 3.85. The van der Waals surface area contributed by atoms with E-state index in [9.17, 15) is 9.59 Å². The summed E-state index contributed by atoms with van der Waals surface area (Å²) in [7, 11) is 1.58. The first-order valence-corrected chi connectivity index (χ1v) is 10.2. The van der Waals surface area contributed by atoms with Crippen LogP contribution in [0.2, 0.25) is 0 Å². The number of nitrogens with zero attached hydrogens (tertiary/aromatic N) is 1. The molecular formula is C23H27N3O3. The zero-order valence-corrected chi connectivity index (χ0v) is 16.7. The number of ether oxygens (including phenoxy) is 1. The molecule has 4 rings (SSSR count). The summed E-state index contributed by atoms with van der Waals surface area (Å²) >= 11 is 0. The molecule has 2 N–H and O–H groups in total. The number of benzene rings is 2. The Kier molecular flexibility index (Phi) is 5.69. The minimum Gasteiger partial charge on any atom is -0.497 e. The van der Waals surface area contributed by atoms with Crippen LogP contribution in [0.1, 0.15) is 25.7 Å². The molecule has 0 spiro atoms. The van der Waals surface area contributed by atoms with Crippen LogP contribution < -0.4 is 20.3 Å². The first kappa shape index (κ1) is 19.3. The SMILES string of the molecule is COc1cccc(NC(=O)C2CC2C(=O)Nc2ccc(N3CCCCC3)cc2)c1. The highest BCUT2D eigenvalue weighted by Crippen LogP contribution is 2.40. The first-order chi connectivity index (χ1) is 14.1. The third-order valence-corrected chi connectivity index (χ3v) is 5.66. The average Bonchev–Trinajstić information content (AvgIpc) is 3.56. The monoisotopic (exact) mass is 393 g/mol. The van der Waals surface area contributed by atoms with Gasteiger partial charge in [0.15, 0.2) is 0 Å². The Morgan fingerprint density at radius 1 is 0.897 bits per heavy atom. The van der Waals surface area contributed by atoms with E-state index in [0.717, 1.165) is 18.8 Å². The van der Waals surface area contributed by atoms with Crippen LogP contribution in [-0.2, 0) is 9.59 Å². The molecule has 0 radical (unpaired) electrons. The third kappa shape index (κ3) is 4.70. The fraction of sp³-hybridized carbons (Fsp3) is 0.391. The van der Waals surface area contributed by atoms with Gasteiger partial charge in [0.05, 0.1) is 18.9 Å². The van der Waals surface area contributed by atoms with Crippen LogP contribution in [0.15, 0.2) is 48.5 Å². The van der Waals surface area contributed by atoms with Crippen LogP contribution in [0.5, 0.6) is 5.75 Å². The second-order valence-corrected chi connectivity index (χ2v) is 7.75. The van der Waals surface area contributed by atoms with E-state index in [-0.39, 0.29) is 23.7 Å². The molecule has 2 fully saturated rings. The van der Waals surface area contributed by atoms with Gasteiger partial charge in [-0.15, -0.1) is 0 Å². The van der Waals surface area contributed by atoms with E-state index in [2.05, 4.69) is 27.7 Å². The van der Waals surface area contributed by atoms with Crippen LogP contribution >= 0.6 is 0 Å². The first-order valence-electron chi connectivity index (χ1n) is 10.2. The quantitative estimate of drug-likeness (QED) is 0.781. The molecule has 1 heterocycles. The van der Waals surface area contributed by atoms with Gasteiger partial charge >= 0.3 is 0 Å². The number of anilines is 3. The van der Waals surface area contributed by atoms with Gasteiger partial charge in [-0.05, 0) is 62.1 Å². The Morgan fingerprint density at radius 3 is 2.21 bits per heavy atom. The molecule has 2 unspecified atom stereocenters. The van der Waals surface area contributed by atoms with Crippen LogP contribution in [0.3, 0.4) is 0 Å². The minimum absolute atomic E-state index is 0.0958. The maximum atomic E-state index is 12.5. The predicted molar refractivity (Wildman–Crippen MR) is 114 cm³/mol. The molecule has 6 heteroatoms. The van der Waals surface area contributed by atoms with Crippen molar-refractivity contribution in [3.05, 3.63) is 48.5 Å². The fourth-order valence-corrected chi connectivity index (χ4v) is 3.85. The van der Waals surface area contributed by atoms with E-state index in [1.807, 2.05) is 30.3 Å². The summed E-state index contributed by atoms with van der Waals surface area (Å²) in [5.74, 6) is -0.0996. The molecule has 29 heavy (non-hydrogen) atoms. The third-order valence-electron chi connectivity index (χ3n) is 5.66. The van der Waals surface area contributed by atoms with Gasteiger partial charge in [0, 0.05) is 36.2 Å². The van der Waals surface area contributed by atoms with E-state index in [1.54, 1.807) is 13.2 Å². The Hall–Kier alpha value is -3.02. The van der Waals surface area contributed by atoms with Gasteiger partial charge in [0.25, 0.3) is 0 Å². The zero-order valence-electron chi connectivity index (χ0n) is 16.7. The normalized spacial score (nSPS) is 20.7. The maximum absolute atomic E-state index is 12.5. The number of carbonyl (C=O) groups is 2. The molecule has 1 aliphatic carbocycles. The maximum Gasteiger partial charge on any atom is 0.228 e. The summed E-state index contributed by atoms with van der Waals surface area (Å²) < 4.78 is 5.17. The summed E-state index contributed by atoms with van der Waals surface area (Å²) in [6.07, 6.45) is 4.35. The van der Waals surface area contributed by atoms with Crippen molar-refractivity contribution in [2.75, 3.05) is 35.7 Å². The number of methoxy groups -OCH3 is 1. The lowest BCUT2D eigenvalue weighted by atomic mass is 10.1. The molecule has 2 atom stereocenters. The molecule has 0 aromatic heterocycles. The van der Waals surface area contributed by atoms with E-state index >= 15 is 0 Å². The highest BCUT2D eigenvalue weighted by atomic mass is 16.5. The topological polar surface area (TPSA) is 70.7 Å². The minimum atomic E-state index is -0.283. The number of hydrogen-bond acceptors (Lipinski definition) is 4. The van der Waals surface area contributed by atoms with Gasteiger partial charge in [0.2, 0.25) is 11.8 Å². The number of nitrogens with one attached hydrogen (secondary N) is 2. The van der Waals surface area contributed by atoms with E-state index in [0.29, 0.717) is 17.9 Å². The van der Waals surface area contributed by atoms with Gasteiger partial charge in [-0.1, -0.05) is 6.07 Å². The lowest BCUT2D eigenvalue weighted by Gasteiger charge is -2.28. The summed E-state index contributed by atoms with van der Waals surface area (Å²) in [6.45, 7) is 2.19. The van der Waals surface area contributed by atoms with E-state index < -0.39 is 0 Å². The number of rotatable bonds is 6. The summed E-state index contributed by atoms with van der Waals surface area (Å²) in [5.41, 5.74) is 2.65. The molecule has 6 nitrogen and oxygen atoms in total. The molecular weight excluding hydrogens is 366 g/mol. The number of piperidine rings is 1. The molecule has 2 aromatic rings. The summed E-state index contributed by atoms with van der Waals surface area (Å²) in [4.78, 5) is 27.3. The summed E-state index contributed by atoms with van der Waals surface area (Å²) in [5, 5.41) is 5.81. The van der Waals surface area contributed by atoms with E-state index in [1.165, 1.54) is 24.9 Å². The number of amides is 2. The second-order valence-electron chi connectivity index (χ2n) is 7.75. The predicted octanol–water partition coefficient (Wildman–Crippen LogP) is 3.90. The van der Waals surface area contributed by atoms with Crippen molar-refractivity contribution in [1.82, 2.24) is 0 Å².